The number of hydrogen-bond donors (Lipinski definition) is 1. The zero-order valence-corrected chi connectivity index (χ0v) is 12.2. The van der Waals surface area contributed by atoms with Crippen LogP contribution in [0.2, 0.25) is 0 Å². The van der Waals surface area contributed by atoms with E-state index in [0.29, 0.717) is 6.61 Å². The van der Waals surface area contributed by atoms with Crippen molar-refractivity contribution in [3.05, 3.63) is 59.2 Å². The Bertz CT molecular complexity index is 568. The third-order valence-corrected chi connectivity index (χ3v) is 3.04. The van der Waals surface area contributed by atoms with Gasteiger partial charge in [0, 0.05) is 5.56 Å². The molecule has 3 heteroatoms. The number of nitrogens with one attached hydrogen (secondary N) is 1. The van der Waals surface area contributed by atoms with Gasteiger partial charge in [0.2, 0.25) is 0 Å². The van der Waals surface area contributed by atoms with Gasteiger partial charge < -0.3 is 4.74 Å². The maximum Gasteiger partial charge on any atom is 0.119 e. The zero-order valence-electron chi connectivity index (χ0n) is 12.2. The number of nitrogens with zero attached hydrogens (tertiary/aromatic N) is 1. The molecule has 2 aromatic rings. The minimum atomic E-state index is 0.682. The fraction of sp³-hybridized carbons (Fsp3) is 0.235. The van der Waals surface area contributed by atoms with E-state index in [1.54, 1.807) is 0 Å². The maximum atomic E-state index is 5.54. The van der Waals surface area contributed by atoms with Crippen LogP contribution >= 0.6 is 0 Å². The van der Waals surface area contributed by atoms with Gasteiger partial charge in [0.1, 0.15) is 5.75 Å². The Labute approximate surface area is 120 Å². The number of hydrogen-bond acceptors (Lipinski definition) is 3. The number of para-hydroxylation sites is 1. The van der Waals surface area contributed by atoms with Crippen molar-refractivity contribution in [1.82, 2.24) is 0 Å². The first kappa shape index (κ1) is 14.1. The van der Waals surface area contributed by atoms with Crippen LogP contribution in [0, 0.1) is 13.8 Å². The van der Waals surface area contributed by atoms with E-state index in [4.69, 9.17) is 4.74 Å². The molecular formula is C17H20N2O. The number of benzene rings is 2. The summed E-state index contributed by atoms with van der Waals surface area (Å²) in [5, 5.41) is 4.29. The molecule has 0 spiro atoms. The Morgan fingerprint density at radius 2 is 1.75 bits per heavy atom. The summed E-state index contributed by atoms with van der Waals surface area (Å²) in [5.41, 5.74) is 7.44. The van der Waals surface area contributed by atoms with Gasteiger partial charge in [0.05, 0.1) is 18.5 Å². The van der Waals surface area contributed by atoms with Crippen molar-refractivity contribution in [2.75, 3.05) is 12.0 Å². The fourth-order valence-corrected chi connectivity index (χ4v) is 2.07. The van der Waals surface area contributed by atoms with Crippen molar-refractivity contribution >= 4 is 11.9 Å². The van der Waals surface area contributed by atoms with Crippen molar-refractivity contribution in [1.29, 1.82) is 0 Å². The van der Waals surface area contributed by atoms with Crippen LogP contribution in [0.25, 0.3) is 0 Å². The van der Waals surface area contributed by atoms with Crippen LogP contribution in [0.3, 0.4) is 0 Å². The SMILES string of the molecule is CCOc1cc(C)c(C=NNc2ccccc2)c(C)c1. The second-order valence-electron chi connectivity index (χ2n) is 4.64. The first-order valence-electron chi connectivity index (χ1n) is 6.79. The molecular weight excluding hydrogens is 248 g/mol. The number of ether oxygens (including phenoxy) is 1. The molecule has 0 radical (unpaired) electrons. The van der Waals surface area contributed by atoms with Gasteiger partial charge in [-0.1, -0.05) is 18.2 Å². The molecule has 0 saturated heterocycles. The van der Waals surface area contributed by atoms with Gasteiger partial charge in [-0.25, -0.2) is 0 Å². The van der Waals surface area contributed by atoms with Crippen molar-refractivity contribution in [2.45, 2.75) is 20.8 Å². The van der Waals surface area contributed by atoms with Crippen LogP contribution in [0.1, 0.15) is 23.6 Å². The van der Waals surface area contributed by atoms with Gasteiger partial charge in [-0.3, -0.25) is 5.43 Å². The number of aryl methyl sites for hydroxylation is 2. The molecule has 0 atom stereocenters. The molecule has 0 bridgehead atoms. The topological polar surface area (TPSA) is 33.6 Å². The third kappa shape index (κ3) is 3.60. The molecule has 0 aromatic heterocycles. The molecule has 0 aliphatic heterocycles. The quantitative estimate of drug-likeness (QED) is 0.653. The summed E-state index contributed by atoms with van der Waals surface area (Å²) < 4.78 is 5.54. The van der Waals surface area contributed by atoms with E-state index in [1.807, 2.05) is 55.6 Å². The molecule has 2 rings (SSSR count). The van der Waals surface area contributed by atoms with Gasteiger partial charge in [-0.2, -0.15) is 5.10 Å². The summed E-state index contributed by atoms with van der Waals surface area (Å²) in [6.45, 7) is 6.81. The van der Waals surface area contributed by atoms with Crippen LogP contribution in [0.5, 0.6) is 5.75 Å². The van der Waals surface area contributed by atoms with Crippen molar-refractivity contribution in [2.24, 2.45) is 5.10 Å². The second kappa shape index (κ2) is 6.75. The van der Waals surface area contributed by atoms with Crippen LogP contribution < -0.4 is 10.2 Å². The summed E-state index contributed by atoms with van der Waals surface area (Å²) in [6.07, 6.45) is 1.85. The number of hydrazone groups is 1. The molecule has 0 aliphatic carbocycles. The van der Waals surface area contributed by atoms with E-state index in [2.05, 4.69) is 24.4 Å². The minimum Gasteiger partial charge on any atom is -0.494 e. The van der Waals surface area contributed by atoms with Crippen LogP contribution in [0.15, 0.2) is 47.6 Å². The van der Waals surface area contributed by atoms with Crippen molar-refractivity contribution in [3.8, 4) is 5.75 Å². The highest BCUT2D eigenvalue weighted by atomic mass is 16.5. The largest absolute Gasteiger partial charge is 0.494 e. The normalized spacial score (nSPS) is 10.8. The van der Waals surface area contributed by atoms with Crippen LogP contribution in [0.4, 0.5) is 5.69 Å². The summed E-state index contributed by atoms with van der Waals surface area (Å²) in [6, 6.07) is 14.0. The molecule has 0 unspecified atom stereocenters. The Balaban J connectivity index is 2.13. The van der Waals surface area contributed by atoms with E-state index in [0.717, 1.165) is 28.1 Å². The van der Waals surface area contributed by atoms with Crippen LogP contribution in [-0.4, -0.2) is 12.8 Å². The lowest BCUT2D eigenvalue weighted by molar-refractivity contribution is 0.340. The fourth-order valence-electron chi connectivity index (χ4n) is 2.07. The third-order valence-electron chi connectivity index (χ3n) is 3.04. The van der Waals surface area contributed by atoms with Gasteiger partial charge in [-0.15, -0.1) is 0 Å². The van der Waals surface area contributed by atoms with E-state index in [1.165, 1.54) is 0 Å². The molecule has 0 aliphatic rings. The zero-order chi connectivity index (χ0) is 14.4. The number of rotatable bonds is 5. The molecule has 104 valence electrons. The monoisotopic (exact) mass is 268 g/mol. The van der Waals surface area contributed by atoms with E-state index >= 15 is 0 Å². The average molecular weight is 268 g/mol. The Morgan fingerprint density at radius 3 is 2.35 bits per heavy atom. The van der Waals surface area contributed by atoms with E-state index in [9.17, 15) is 0 Å². The Kier molecular flexibility index (Phi) is 4.77. The molecule has 0 amide bonds. The van der Waals surface area contributed by atoms with Gasteiger partial charge in [0.25, 0.3) is 0 Å². The first-order chi connectivity index (χ1) is 9.70. The Hall–Kier alpha value is -2.29. The molecule has 1 N–H and O–H groups in total. The smallest absolute Gasteiger partial charge is 0.119 e. The van der Waals surface area contributed by atoms with Crippen molar-refractivity contribution < 1.29 is 4.74 Å². The summed E-state index contributed by atoms with van der Waals surface area (Å²) in [5.74, 6) is 0.913. The van der Waals surface area contributed by atoms with E-state index in [-0.39, 0.29) is 0 Å². The standard InChI is InChI=1S/C17H20N2O/c1-4-20-16-10-13(2)17(14(3)11-16)12-18-19-15-8-6-5-7-9-15/h5-12,19H,4H2,1-3H3. The lowest BCUT2D eigenvalue weighted by Gasteiger charge is -2.09. The molecule has 2 aromatic carbocycles. The Morgan fingerprint density at radius 1 is 1.10 bits per heavy atom. The van der Waals surface area contributed by atoms with Crippen molar-refractivity contribution in [3.63, 3.8) is 0 Å². The van der Waals surface area contributed by atoms with Gasteiger partial charge in [-0.05, 0) is 56.2 Å². The summed E-state index contributed by atoms with van der Waals surface area (Å²) in [7, 11) is 0. The highest BCUT2D eigenvalue weighted by Gasteiger charge is 2.03. The predicted molar refractivity (Wildman–Crippen MR) is 84.7 cm³/mol. The van der Waals surface area contributed by atoms with Gasteiger partial charge in [0.15, 0.2) is 0 Å². The van der Waals surface area contributed by atoms with E-state index < -0.39 is 0 Å². The molecule has 0 fully saturated rings. The lowest BCUT2D eigenvalue weighted by Crippen LogP contribution is -1.98. The van der Waals surface area contributed by atoms with Crippen LogP contribution in [-0.2, 0) is 0 Å². The predicted octanol–water partition coefficient (Wildman–Crippen LogP) is 4.15. The highest BCUT2D eigenvalue weighted by molar-refractivity contribution is 5.84. The minimum absolute atomic E-state index is 0.682. The summed E-state index contributed by atoms with van der Waals surface area (Å²) >= 11 is 0. The average Bonchev–Trinajstić information content (AvgIpc) is 2.43. The van der Waals surface area contributed by atoms with Gasteiger partial charge >= 0.3 is 0 Å². The second-order valence-corrected chi connectivity index (χ2v) is 4.64. The highest BCUT2D eigenvalue weighted by Crippen LogP contribution is 2.20. The number of anilines is 1. The first-order valence-corrected chi connectivity index (χ1v) is 6.79. The maximum absolute atomic E-state index is 5.54. The summed E-state index contributed by atoms with van der Waals surface area (Å²) in [4.78, 5) is 0. The molecule has 0 saturated carbocycles. The molecule has 20 heavy (non-hydrogen) atoms. The molecule has 3 nitrogen and oxygen atoms in total. The lowest BCUT2D eigenvalue weighted by atomic mass is 10.0. The molecule has 0 heterocycles.